The average molecular weight is 298 g/mol. The summed E-state index contributed by atoms with van der Waals surface area (Å²) in [7, 11) is 3.15. The second-order valence-electron chi connectivity index (χ2n) is 4.41. The van der Waals surface area contributed by atoms with Crippen molar-refractivity contribution in [1.29, 1.82) is 0 Å². The Labute approximate surface area is 126 Å². The van der Waals surface area contributed by atoms with Crippen molar-refractivity contribution in [1.82, 2.24) is 15.0 Å². The maximum Gasteiger partial charge on any atom is 0.238 e. The molecule has 0 aliphatic rings. The molecule has 0 fully saturated rings. The van der Waals surface area contributed by atoms with Crippen LogP contribution in [-0.2, 0) is 0 Å². The molecule has 0 aliphatic carbocycles. The molecule has 3 rings (SSSR count). The van der Waals surface area contributed by atoms with Crippen molar-refractivity contribution in [2.24, 2.45) is 0 Å². The van der Waals surface area contributed by atoms with Crippen molar-refractivity contribution in [3.05, 3.63) is 36.8 Å². The highest BCUT2D eigenvalue weighted by molar-refractivity contribution is 5.88. The predicted octanol–water partition coefficient (Wildman–Crippen LogP) is 2.42. The molecule has 0 bridgehead atoms. The summed E-state index contributed by atoms with van der Waals surface area (Å²) in [6, 6.07) is 5.34. The Balaban J connectivity index is 2.07. The van der Waals surface area contributed by atoms with E-state index in [0.29, 0.717) is 28.9 Å². The van der Waals surface area contributed by atoms with E-state index in [9.17, 15) is 0 Å². The maximum absolute atomic E-state index is 5.75. The molecule has 7 heteroatoms. The highest BCUT2D eigenvalue weighted by atomic mass is 16.5. The number of nitrogen functional groups attached to an aromatic ring is 1. The first kappa shape index (κ1) is 13.9. The Morgan fingerprint density at radius 1 is 0.909 bits per heavy atom. The highest BCUT2D eigenvalue weighted by Crippen LogP contribution is 2.36. The molecule has 2 heterocycles. The Bertz CT molecular complexity index is 806. The highest BCUT2D eigenvalue weighted by Gasteiger charge is 2.11. The van der Waals surface area contributed by atoms with Gasteiger partial charge in [0.2, 0.25) is 5.88 Å². The fourth-order valence-electron chi connectivity index (χ4n) is 2.03. The zero-order valence-electron chi connectivity index (χ0n) is 12.1. The van der Waals surface area contributed by atoms with E-state index in [4.69, 9.17) is 19.9 Å². The molecule has 1 aromatic carbocycles. The topological polar surface area (TPSA) is 92.4 Å². The monoisotopic (exact) mass is 298 g/mol. The first-order valence-electron chi connectivity index (χ1n) is 6.47. The van der Waals surface area contributed by atoms with Gasteiger partial charge in [-0.05, 0) is 12.1 Å². The van der Waals surface area contributed by atoms with Gasteiger partial charge in [0, 0.05) is 17.6 Å². The number of anilines is 1. The minimum Gasteiger partial charge on any atom is -0.493 e. The number of benzene rings is 1. The molecule has 0 aliphatic heterocycles. The van der Waals surface area contributed by atoms with E-state index in [0.717, 1.165) is 10.9 Å². The largest absolute Gasteiger partial charge is 0.493 e. The van der Waals surface area contributed by atoms with E-state index in [1.165, 1.54) is 12.4 Å². The normalized spacial score (nSPS) is 10.5. The molecule has 3 aromatic rings. The van der Waals surface area contributed by atoms with E-state index in [2.05, 4.69) is 15.0 Å². The number of nitrogens with two attached hydrogens (primary N) is 1. The average Bonchev–Trinajstić information content (AvgIpc) is 2.56. The predicted molar refractivity (Wildman–Crippen MR) is 81.4 cm³/mol. The van der Waals surface area contributed by atoms with Crippen LogP contribution in [0.15, 0.2) is 36.8 Å². The van der Waals surface area contributed by atoms with Crippen LogP contribution in [0, 0.1) is 0 Å². The maximum atomic E-state index is 5.75. The molecule has 0 atom stereocenters. The minimum atomic E-state index is 0.332. The number of hydrogen-bond acceptors (Lipinski definition) is 7. The minimum absolute atomic E-state index is 0.332. The lowest BCUT2D eigenvalue weighted by molar-refractivity contribution is 0.355. The Kier molecular flexibility index (Phi) is 3.61. The van der Waals surface area contributed by atoms with Gasteiger partial charge in [-0.15, -0.1) is 0 Å². The lowest BCUT2D eigenvalue weighted by Gasteiger charge is -2.11. The summed E-state index contributed by atoms with van der Waals surface area (Å²) in [5.41, 5.74) is 6.23. The van der Waals surface area contributed by atoms with Gasteiger partial charge in [-0.1, -0.05) is 0 Å². The van der Waals surface area contributed by atoms with Crippen LogP contribution in [0.3, 0.4) is 0 Å². The number of nitrogens with zero attached hydrogens (tertiary/aromatic N) is 3. The summed E-state index contributed by atoms with van der Waals surface area (Å²) in [4.78, 5) is 12.3. The molecule has 0 amide bonds. The molecule has 0 radical (unpaired) electrons. The van der Waals surface area contributed by atoms with Crippen LogP contribution < -0.4 is 19.9 Å². The zero-order valence-corrected chi connectivity index (χ0v) is 12.1. The fraction of sp³-hybridized carbons (Fsp3) is 0.133. The summed E-state index contributed by atoms with van der Waals surface area (Å²) in [5, 5.41) is 0.777. The molecule has 2 aromatic heterocycles. The molecular weight excluding hydrogens is 284 g/mol. The number of fused-ring (bicyclic) bond motifs is 1. The molecule has 0 saturated carbocycles. The van der Waals surface area contributed by atoms with Crippen molar-refractivity contribution in [2.75, 3.05) is 20.0 Å². The Morgan fingerprint density at radius 2 is 1.68 bits per heavy atom. The quantitative estimate of drug-likeness (QED) is 0.790. The lowest BCUT2D eigenvalue weighted by atomic mass is 10.2. The van der Waals surface area contributed by atoms with Gasteiger partial charge >= 0.3 is 0 Å². The van der Waals surface area contributed by atoms with Crippen LogP contribution in [-0.4, -0.2) is 29.2 Å². The molecule has 22 heavy (non-hydrogen) atoms. The summed E-state index contributed by atoms with van der Waals surface area (Å²) in [5.74, 6) is 2.46. The van der Waals surface area contributed by atoms with Crippen molar-refractivity contribution < 1.29 is 14.2 Å². The van der Waals surface area contributed by atoms with Crippen molar-refractivity contribution >= 4 is 16.7 Å². The van der Waals surface area contributed by atoms with Crippen molar-refractivity contribution in [3.63, 3.8) is 0 Å². The number of pyridine rings is 1. The molecule has 7 nitrogen and oxygen atoms in total. The van der Waals surface area contributed by atoms with Gasteiger partial charge < -0.3 is 19.9 Å². The van der Waals surface area contributed by atoms with Gasteiger partial charge in [0.1, 0.15) is 11.6 Å². The van der Waals surface area contributed by atoms with Gasteiger partial charge in [0.15, 0.2) is 11.5 Å². The van der Waals surface area contributed by atoms with Crippen molar-refractivity contribution in [2.45, 2.75) is 0 Å². The Hall–Kier alpha value is -3.09. The standard InChI is InChI=1S/C15H14N4O3/c1-20-12-5-9-10(6-13(12)21-2)17-4-3-11(9)22-15-8-18-14(16)7-19-15/h3-8H,1-2H3,(H2,16,18). The lowest BCUT2D eigenvalue weighted by Crippen LogP contribution is -1.95. The third-order valence-electron chi connectivity index (χ3n) is 3.07. The molecule has 112 valence electrons. The summed E-state index contributed by atoms with van der Waals surface area (Å²) >= 11 is 0. The number of ether oxygens (including phenoxy) is 3. The molecule has 0 unspecified atom stereocenters. The molecule has 0 spiro atoms. The number of aromatic nitrogens is 3. The van der Waals surface area contributed by atoms with Crippen LogP contribution in [0.1, 0.15) is 0 Å². The SMILES string of the molecule is COc1cc2nccc(Oc3cnc(N)cn3)c2cc1OC. The van der Waals surface area contributed by atoms with Crippen LogP contribution in [0.4, 0.5) is 5.82 Å². The second kappa shape index (κ2) is 5.72. The van der Waals surface area contributed by atoms with Gasteiger partial charge in [-0.3, -0.25) is 4.98 Å². The fourth-order valence-corrected chi connectivity index (χ4v) is 2.03. The van der Waals surface area contributed by atoms with E-state index in [-0.39, 0.29) is 0 Å². The van der Waals surface area contributed by atoms with Gasteiger partial charge in [-0.25, -0.2) is 9.97 Å². The molecular formula is C15H14N4O3. The first-order chi connectivity index (χ1) is 10.7. The first-order valence-corrected chi connectivity index (χ1v) is 6.47. The van der Waals surface area contributed by atoms with E-state index in [1.54, 1.807) is 38.6 Å². The third-order valence-corrected chi connectivity index (χ3v) is 3.07. The van der Waals surface area contributed by atoms with Gasteiger partial charge in [0.05, 0.1) is 32.1 Å². The number of rotatable bonds is 4. The summed E-state index contributed by atoms with van der Waals surface area (Å²) in [6.07, 6.45) is 4.54. The van der Waals surface area contributed by atoms with Crippen LogP contribution >= 0.6 is 0 Å². The van der Waals surface area contributed by atoms with Crippen LogP contribution in [0.25, 0.3) is 10.9 Å². The molecule has 2 N–H and O–H groups in total. The zero-order chi connectivity index (χ0) is 15.5. The second-order valence-corrected chi connectivity index (χ2v) is 4.41. The van der Waals surface area contributed by atoms with Crippen LogP contribution in [0.5, 0.6) is 23.1 Å². The van der Waals surface area contributed by atoms with Crippen molar-refractivity contribution in [3.8, 4) is 23.1 Å². The third kappa shape index (κ3) is 2.56. The molecule has 0 saturated heterocycles. The smallest absolute Gasteiger partial charge is 0.238 e. The van der Waals surface area contributed by atoms with E-state index in [1.807, 2.05) is 0 Å². The van der Waals surface area contributed by atoms with Gasteiger partial charge in [0.25, 0.3) is 0 Å². The van der Waals surface area contributed by atoms with E-state index < -0.39 is 0 Å². The summed E-state index contributed by atoms with van der Waals surface area (Å²) < 4.78 is 16.3. The van der Waals surface area contributed by atoms with Crippen LogP contribution in [0.2, 0.25) is 0 Å². The summed E-state index contributed by atoms with van der Waals surface area (Å²) in [6.45, 7) is 0. The van der Waals surface area contributed by atoms with E-state index >= 15 is 0 Å². The van der Waals surface area contributed by atoms with Gasteiger partial charge in [-0.2, -0.15) is 0 Å². The number of methoxy groups -OCH3 is 2. The number of hydrogen-bond donors (Lipinski definition) is 1. The Morgan fingerprint density at radius 3 is 2.36 bits per heavy atom.